The molecule has 0 aliphatic carbocycles. The Labute approximate surface area is 92.1 Å². The molecule has 0 amide bonds. The van der Waals surface area contributed by atoms with E-state index in [2.05, 4.69) is 19.2 Å². The zero-order valence-electron chi connectivity index (χ0n) is 9.33. The zero-order valence-corrected chi connectivity index (χ0v) is 9.33. The molecule has 15 heavy (non-hydrogen) atoms. The first-order chi connectivity index (χ1) is 7.33. The normalized spacial score (nSPS) is 9.67. The van der Waals surface area contributed by atoms with E-state index in [4.69, 9.17) is 4.74 Å². The van der Waals surface area contributed by atoms with Crippen LogP contribution in [0.5, 0.6) is 5.75 Å². The first-order valence-corrected chi connectivity index (χ1v) is 5.28. The summed E-state index contributed by atoms with van der Waals surface area (Å²) in [4.78, 5) is 0. The van der Waals surface area contributed by atoms with Gasteiger partial charge in [-0.05, 0) is 31.4 Å². The highest BCUT2D eigenvalue weighted by Gasteiger charge is 2.06. The predicted octanol–water partition coefficient (Wildman–Crippen LogP) is 3.54. The Balaban J connectivity index is 3.08. The number of ether oxygens (including phenoxy) is 1. The van der Waals surface area contributed by atoms with Crippen molar-refractivity contribution in [3.63, 3.8) is 0 Å². The van der Waals surface area contributed by atoms with Crippen molar-refractivity contribution < 1.29 is 4.74 Å². The van der Waals surface area contributed by atoms with Crippen LogP contribution in [0.3, 0.4) is 0 Å². The molecule has 0 aromatic heterocycles. The van der Waals surface area contributed by atoms with Crippen LogP contribution in [0.15, 0.2) is 43.5 Å². The van der Waals surface area contributed by atoms with Gasteiger partial charge in [0.25, 0.3) is 0 Å². The summed E-state index contributed by atoms with van der Waals surface area (Å²) >= 11 is 0. The van der Waals surface area contributed by atoms with Gasteiger partial charge in [-0.3, -0.25) is 0 Å². The lowest BCUT2D eigenvalue weighted by Crippen LogP contribution is -1.99. The van der Waals surface area contributed by atoms with Gasteiger partial charge in [0.1, 0.15) is 5.75 Å². The van der Waals surface area contributed by atoms with Gasteiger partial charge in [0.2, 0.25) is 0 Å². The lowest BCUT2D eigenvalue weighted by atomic mass is 10.0. The van der Waals surface area contributed by atoms with Gasteiger partial charge in [-0.1, -0.05) is 24.3 Å². The summed E-state index contributed by atoms with van der Waals surface area (Å²) in [5.41, 5.74) is 2.50. The van der Waals surface area contributed by atoms with Gasteiger partial charge in [0.05, 0.1) is 6.61 Å². The largest absolute Gasteiger partial charge is 0.494 e. The van der Waals surface area contributed by atoms with Crippen molar-refractivity contribution in [2.24, 2.45) is 0 Å². The minimum atomic E-state index is 0.696. The van der Waals surface area contributed by atoms with Crippen molar-refractivity contribution in [2.75, 3.05) is 6.61 Å². The minimum Gasteiger partial charge on any atom is -0.494 e. The van der Waals surface area contributed by atoms with Gasteiger partial charge < -0.3 is 4.74 Å². The van der Waals surface area contributed by atoms with Crippen LogP contribution in [-0.2, 0) is 12.8 Å². The molecule has 0 heterocycles. The Kier molecular flexibility index (Phi) is 4.69. The van der Waals surface area contributed by atoms with Crippen molar-refractivity contribution in [3.05, 3.63) is 54.6 Å². The average molecular weight is 202 g/mol. The summed E-state index contributed by atoms with van der Waals surface area (Å²) < 4.78 is 5.59. The maximum absolute atomic E-state index is 5.59. The highest BCUT2D eigenvalue weighted by Crippen LogP contribution is 2.24. The summed E-state index contributed by atoms with van der Waals surface area (Å²) in [7, 11) is 0. The lowest BCUT2D eigenvalue weighted by molar-refractivity contribution is 0.337. The van der Waals surface area contributed by atoms with Gasteiger partial charge >= 0.3 is 0 Å². The Morgan fingerprint density at radius 3 is 2.53 bits per heavy atom. The van der Waals surface area contributed by atoms with Crippen molar-refractivity contribution in [1.82, 2.24) is 0 Å². The maximum Gasteiger partial charge on any atom is 0.123 e. The molecule has 1 nitrogen and oxygen atoms in total. The van der Waals surface area contributed by atoms with E-state index in [9.17, 15) is 0 Å². The van der Waals surface area contributed by atoms with Crippen LogP contribution in [0.4, 0.5) is 0 Å². The summed E-state index contributed by atoms with van der Waals surface area (Å²) in [6.07, 6.45) is 5.55. The molecule has 1 aromatic rings. The lowest BCUT2D eigenvalue weighted by Gasteiger charge is -2.12. The van der Waals surface area contributed by atoms with E-state index >= 15 is 0 Å². The third kappa shape index (κ3) is 2.98. The molecule has 1 rings (SSSR count). The van der Waals surface area contributed by atoms with Gasteiger partial charge in [-0.25, -0.2) is 0 Å². The monoisotopic (exact) mass is 202 g/mol. The standard InChI is InChI=1S/C14H18O/c1-4-8-12-10-7-11-14(15-6-3)13(12)9-5-2/h4-5,7,10-11H,1-2,6,8-9H2,3H3. The van der Waals surface area contributed by atoms with E-state index in [1.807, 2.05) is 31.2 Å². The second-order valence-electron chi connectivity index (χ2n) is 3.31. The van der Waals surface area contributed by atoms with Crippen LogP contribution in [-0.4, -0.2) is 6.61 Å². The second-order valence-corrected chi connectivity index (χ2v) is 3.31. The summed E-state index contributed by atoms with van der Waals surface area (Å²) in [6, 6.07) is 6.15. The number of allylic oxidation sites excluding steroid dienone is 2. The average Bonchev–Trinajstić information content (AvgIpc) is 2.23. The molecule has 80 valence electrons. The Bertz CT molecular complexity index is 339. The van der Waals surface area contributed by atoms with Crippen molar-refractivity contribution in [1.29, 1.82) is 0 Å². The van der Waals surface area contributed by atoms with Gasteiger partial charge in [0, 0.05) is 5.56 Å². The predicted molar refractivity (Wildman–Crippen MR) is 65.4 cm³/mol. The number of rotatable bonds is 6. The number of benzene rings is 1. The molecule has 0 fully saturated rings. The quantitative estimate of drug-likeness (QED) is 0.641. The molecule has 0 N–H and O–H groups in total. The van der Waals surface area contributed by atoms with Gasteiger partial charge in [0.15, 0.2) is 0 Å². The molecule has 0 saturated carbocycles. The third-order valence-electron chi connectivity index (χ3n) is 2.24. The molecule has 1 heteroatoms. The van der Waals surface area contributed by atoms with Crippen LogP contribution < -0.4 is 4.74 Å². The van der Waals surface area contributed by atoms with E-state index < -0.39 is 0 Å². The van der Waals surface area contributed by atoms with Crippen LogP contribution in [0.1, 0.15) is 18.1 Å². The molecule has 0 saturated heterocycles. The Hall–Kier alpha value is -1.50. The SMILES string of the molecule is C=CCc1cccc(OCC)c1CC=C. The van der Waals surface area contributed by atoms with Crippen LogP contribution >= 0.6 is 0 Å². The van der Waals surface area contributed by atoms with Crippen LogP contribution in [0, 0.1) is 0 Å². The molecule has 0 radical (unpaired) electrons. The van der Waals surface area contributed by atoms with Crippen LogP contribution in [0.2, 0.25) is 0 Å². The van der Waals surface area contributed by atoms with E-state index in [0.29, 0.717) is 6.61 Å². The fraction of sp³-hybridized carbons (Fsp3) is 0.286. The molecule has 0 atom stereocenters. The zero-order chi connectivity index (χ0) is 11.1. The molecular weight excluding hydrogens is 184 g/mol. The number of hydrogen-bond donors (Lipinski definition) is 0. The molecule has 0 unspecified atom stereocenters. The van der Waals surface area contributed by atoms with E-state index in [1.54, 1.807) is 0 Å². The highest BCUT2D eigenvalue weighted by molar-refractivity contribution is 5.42. The first kappa shape index (κ1) is 11.6. The highest BCUT2D eigenvalue weighted by atomic mass is 16.5. The van der Waals surface area contributed by atoms with E-state index in [0.717, 1.165) is 18.6 Å². The summed E-state index contributed by atoms with van der Waals surface area (Å²) in [5, 5.41) is 0. The topological polar surface area (TPSA) is 9.23 Å². The first-order valence-electron chi connectivity index (χ1n) is 5.28. The molecular formula is C14H18O. The maximum atomic E-state index is 5.59. The number of hydrogen-bond acceptors (Lipinski definition) is 1. The Morgan fingerprint density at radius 2 is 1.93 bits per heavy atom. The van der Waals surface area contributed by atoms with Gasteiger partial charge in [-0.15, -0.1) is 13.2 Å². The fourth-order valence-electron chi connectivity index (χ4n) is 1.62. The van der Waals surface area contributed by atoms with Crippen molar-refractivity contribution >= 4 is 0 Å². The molecule has 1 aromatic carbocycles. The molecule has 0 spiro atoms. The Morgan fingerprint density at radius 1 is 1.20 bits per heavy atom. The third-order valence-corrected chi connectivity index (χ3v) is 2.24. The molecule has 0 aliphatic rings. The summed E-state index contributed by atoms with van der Waals surface area (Å²) in [6.45, 7) is 10.2. The van der Waals surface area contributed by atoms with Crippen LogP contribution in [0.25, 0.3) is 0 Å². The van der Waals surface area contributed by atoms with E-state index in [1.165, 1.54) is 11.1 Å². The van der Waals surface area contributed by atoms with Crippen molar-refractivity contribution in [2.45, 2.75) is 19.8 Å². The fourth-order valence-corrected chi connectivity index (χ4v) is 1.62. The summed E-state index contributed by atoms with van der Waals surface area (Å²) in [5.74, 6) is 0.969. The minimum absolute atomic E-state index is 0.696. The molecule has 0 aliphatic heterocycles. The smallest absolute Gasteiger partial charge is 0.123 e. The second kappa shape index (κ2) is 6.07. The van der Waals surface area contributed by atoms with Gasteiger partial charge in [-0.2, -0.15) is 0 Å². The van der Waals surface area contributed by atoms with E-state index in [-0.39, 0.29) is 0 Å². The van der Waals surface area contributed by atoms with Crippen molar-refractivity contribution in [3.8, 4) is 5.75 Å². The molecule has 0 bridgehead atoms.